The number of thioether (sulfide) groups is 1. The molecule has 26 heavy (non-hydrogen) atoms. The lowest BCUT2D eigenvalue weighted by Crippen LogP contribution is -2.32. The van der Waals surface area contributed by atoms with Crippen molar-refractivity contribution in [3.8, 4) is 17.2 Å². The third-order valence-corrected chi connectivity index (χ3v) is 5.28. The van der Waals surface area contributed by atoms with Crippen LogP contribution >= 0.6 is 11.8 Å². The highest BCUT2D eigenvalue weighted by atomic mass is 32.2. The summed E-state index contributed by atoms with van der Waals surface area (Å²) in [5.41, 5.74) is 3.75. The maximum atomic E-state index is 12.7. The van der Waals surface area contributed by atoms with E-state index in [1.54, 1.807) is 11.8 Å². The highest BCUT2D eigenvalue weighted by molar-refractivity contribution is 7.98. The molecule has 2 aromatic rings. The van der Waals surface area contributed by atoms with Gasteiger partial charge in [0.2, 0.25) is 0 Å². The van der Waals surface area contributed by atoms with E-state index in [0.29, 0.717) is 12.1 Å². The van der Waals surface area contributed by atoms with Crippen LogP contribution < -0.4 is 4.90 Å². The normalized spacial score (nSPS) is 13.8. The quantitative estimate of drug-likeness (QED) is 0.549. The maximum absolute atomic E-state index is 12.7. The number of rotatable bonds is 6. The van der Waals surface area contributed by atoms with E-state index in [9.17, 15) is 4.79 Å². The zero-order valence-corrected chi connectivity index (χ0v) is 15.6. The summed E-state index contributed by atoms with van der Waals surface area (Å²) in [6.07, 6.45) is 4.68. The van der Waals surface area contributed by atoms with Gasteiger partial charge in [-0.25, -0.2) is 4.79 Å². The smallest absolute Gasteiger partial charge is 0.322 e. The lowest BCUT2D eigenvalue weighted by atomic mass is 10.0. The largest absolute Gasteiger partial charge is 0.324 e. The Balaban J connectivity index is 1.86. The second kappa shape index (κ2) is 8.11. The van der Waals surface area contributed by atoms with Gasteiger partial charge in [0, 0.05) is 24.5 Å². The Bertz CT molecular complexity index is 855. The third kappa shape index (κ3) is 3.61. The van der Waals surface area contributed by atoms with Gasteiger partial charge in [0.1, 0.15) is 0 Å². The molecule has 0 saturated carbocycles. The average Bonchev–Trinajstić information content (AvgIpc) is 3.06. The van der Waals surface area contributed by atoms with Crippen molar-refractivity contribution in [3.05, 3.63) is 60.7 Å². The van der Waals surface area contributed by atoms with Gasteiger partial charge in [0.05, 0.1) is 17.3 Å². The molecule has 1 aliphatic rings. The standard InChI is InChI=1S/C21H21N3OS/c1-3-4-11-23-12-13-24(21(23)25)19-10-9-18(14-20(19)26-2)17-7-5-16(15-22)6-8-17/h3,5-10,14H,1,4,11-13H2,2H3. The van der Waals surface area contributed by atoms with E-state index in [1.165, 1.54) is 0 Å². The Morgan fingerprint density at radius 1 is 1.19 bits per heavy atom. The molecule has 0 aromatic heterocycles. The molecule has 1 heterocycles. The van der Waals surface area contributed by atoms with Crippen LogP contribution in [-0.4, -0.2) is 36.8 Å². The third-order valence-electron chi connectivity index (χ3n) is 4.52. The molecule has 1 saturated heterocycles. The van der Waals surface area contributed by atoms with Gasteiger partial charge in [-0.15, -0.1) is 18.3 Å². The van der Waals surface area contributed by atoms with Crippen LogP contribution in [0.2, 0.25) is 0 Å². The summed E-state index contributed by atoms with van der Waals surface area (Å²) in [7, 11) is 0. The molecule has 0 atom stereocenters. The molecule has 1 aliphatic heterocycles. The molecule has 4 nitrogen and oxygen atoms in total. The fourth-order valence-electron chi connectivity index (χ4n) is 3.08. The molecule has 0 aliphatic carbocycles. The van der Waals surface area contributed by atoms with Gasteiger partial charge >= 0.3 is 6.03 Å². The molecular formula is C21H21N3OS. The predicted molar refractivity (Wildman–Crippen MR) is 108 cm³/mol. The molecule has 0 bridgehead atoms. The number of hydrogen-bond donors (Lipinski definition) is 0. The van der Waals surface area contributed by atoms with E-state index in [1.807, 2.05) is 58.5 Å². The Labute approximate surface area is 158 Å². The molecule has 0 unspecified atom stereocenters. The number of urea groups is 1. The number of nitriles is 1. The Kier molecular flexibility index (Phi) is 5.65. The van der Waals surface area contributed by atoms with Crippen molar-refractivity contribution in [3.63, 3.8) is 0 Å². The van der Waals surface area contributed by atoms with Crippen molar-refractivity contribution in [2.75, 3.05) is 30.8 Å². The first-order chi connectivity index (χ1) is 12.7. The molecule has 0 radical (unpaired) electrons. The summed E-state index contributed by atoms with van der Waals surface area (Å²) >= 11 is 1.64. The van der Waals surface area contributed by atoms with Crippen LogP contribution in [0.1, 0.15) is 12.0 Å². The number of amides is 2. The zero-order valence-electron chi connectivity index (χ0n) is 14.8. The van der Waals surface area contributed by atoms with E-state index in [2.05, 4.69) is 18.7 Å². The number of benzene rings is 2. The molecule has 0 N–H and O–H groups in total. The second-order valence-electron chi connectivity index (χ2n) is 6.07. The number of anilines is 1. The maximum Gasteiger partial charge on any atom is 0.324 e. The summed E-state index contributed by atoms with van der Waals surface area (Å²) in [5, 5.41) is 8.94. The van der Waals surface area contributed by atoms with Gasteiger partial charge in [0.15, 0.2) is 0 Å². The summed E-state index contributed by atoms with van der Waals surface area (Å²) < 4.78 is 0. The summed E-state index contributed by atoms with van der Waals surface area (Å²) in [6, 6.07) is 15.9. The van der Waals surface area contributed by atoms with Gasteiger partial charge in [0.25, 0.3) is 0 Å². The molecular weight excluding hydrogens is 342 g/mol. The average molecular weight is 363 g/mol. The summed E-state index contributed by atoms with van der Waals surface area (Å²) in [4.78, 5) is 17.5. The minimum atomic E-state index is 0.0632. The van der Waals surface area contributed by atoms with E-state index in [0.717, 1.165) is 41.2 Å². The van der Waals surface area contributed by atoms with Crippen molar-refractivity contribution in [1.82, 2.24) is 4.90 Å². The SMILES string of the molecule is C=CCCN1CCN(c2ccc(-c3ccc(C#N)cc3)cc2SC)C1=O. The lowest BCUT2D eigenvalue weighted by molar-refractivity contribution is 0.221. The minimum absolute atomic E-state index is 0.0632. The van der Waals surface area contributed by atoms with E-state index in [4.69, 9.17) is 5.26 Å². The first-order valence-electron chi connectivity index (χ1n) is 8.54. The van der Waals surface area contributed by atoms with E-state index in [-0.39, 0.29) is 6.03 Å². The van der Waals surface area contributed by atoms with Crippen LogP contribution in [0.3, 0.4) is 0 Å². The summed E-state index contributed by atoms with van der Waals surface area (Å²) in [5.74, 6) is 0. The topological polar surface area (TPSA) is 47.3 Å². The van der Waals surface area contributed by atoms with Crippen LogP contribution in [0.4, 0.5) is 10.5 Å². The first-order valence-corrected chi connectivity index (χ1v) is 9.76. The van der Waals surface area contributed by atoms with Crippen LogP contribution in [0.15, 0.2) is 60.0 Å². The first kappa shape index (κ1) is 18.1. The molecule has 0 spiro atoms. The highest BCUT2D eigenvalue weighted by Crippen LogP contribution is 2.35. The van der Waals surface area contributed by atoms with Gasteiger partial charge in [-0.2, -0.15) is 5.26 Å². The van der Waals surface area contributed by atoms with Gasteiger partial charge < -0.3 is 4.90 Å². The molecule has 2 amide bonds. The lowest BCUT2D eigenvalue weighted by Gasteiger charge is -2.21. The molecule has 132 valence electrons. The number of nitrogens with zero attached hydrogens (tertiary/aromatic N) is 3. The van der Waals surface area contributed by atoms with Crippen molar-refractivity contribution in [2.45, 2.75) is 11.3 Å². The Morgan fingerprint density at radius 3 is 2.58 bits per heavy atom. The number of carbonyl (C=O) groups is 1. The monoisotopic (exact) mass is 363 g/mol. The predicted octanol–water partition coefficient (Wildman–Crippen LogP) is 4.77. The Hall–Kier alpha value is -2.71. The minimum Gasteiger partial charge on any atom is -0.322 e. The number of hydrogen-bond acceptors (Lipinski definition) is 3. The van der Waals surface area contributed by atoms with Gasteiger partial charge in [-0.1, -0.05) is 24.3 Å². The molecule has 3 rings (SSSR count). The molecule has 5 heteroatoms. The van der Waals surface area contributed by atoms with Crippen molar-refractivity contribution < 1.29 is 4.79 Å². The van der Waals surface area contributed by atoms with Crippen molar-refractivity contribution >= 4 is 23.5 Å². The molecule has 1 fully saturated rings. The van der Waals surface area contributed by atoms with Gasteiger partial charge in [-0.05, 0) is 48.1 Å². The van der Waals surface area contributed by atoms with Crippen LogP contribution in [-0.2, 0) is 0 Å². The van der Waals surface area contributed by atoms with Crippen LogP contribution in [0.5, 0.6) is 0 Å². The Morgan fingerprint density at radius 2 is 1.92 bits per heavy atom. The highest BCUT2D eigenvalue weighted by Gasteiger charge is 2.30. The zero-order chi connectivity index (χ0) is 18.5. The van der Waals surface area contributed by atoms with Gasteiger partial charge in [-0.3, -0.25) is 4.90 Å². The summed E-state index contributed by atoms with van der Waals surface area (Å²) in [6.45, 7) is 5.90. The fourth-order valence-corrected chi connectivity index (χ4v) is 3.71. The second-order valence-corrected chi connectivity index (χ2v) is 6.92. The van der Waals surface area contributed by atoms with Crippen molar-refractivity contribution in [1.29, 1.82) is 5.26 Å². The molecule has 2 aromatic carbocycles. The van der Waals surface area contributed by atoms with Crippen molar-refractivity contribution in [2.24, 2.45) is 0 Å². The fraction of sp³-hybridized carbons (Fsp3) is 0.238. The number of carbonyl (C=O) groups excluding carboxylic acids is 1. The van der Waals surface area contributed by atoms with Crippen LogP contribution in [0, 0.1) is 11.3 Å². The van der Waals surface area contributed by atoms with Crippen LogP contribution in [0.25, 0.3) is 11.1 Å². The van der Waals surface area contributed by atoms with E-state index >= 15 is 0 Å². The van der Waals surface area contributed by atoms with E-state index < -0.39 is 0 Å².